The Morgan fingerprint density at radius 1 is 1.03 bits per heavy atom. The monoisotopic (exact) mass is 474 g/mol. The van der Waals surface area contributed by atoms with Crippen molar-refractivity contribution < 1.29 is 18.4 Å². The van der Waals surface area contributed by atoms with Gasteiger partial charge in [0.05, 0.1) is 24.1 Å². The Morgan fingerprint density at radius 3 is 2.65 bits per heavy atom. The number of nitrogens with one attached hydrogen (secondary N) is 2. The maximum absolute atomic E-state index is 12.9. The number of thioether (sulfide) groups is 1. The molecule has 0 spiro atoms. The third kappa shape index (κ3) is 6.00. The van der Waals surface area contributed by atoms with Gasteiger partial charge in [-0.1, -0.05) is 11.8 Å². The van der Waals surface area contributed by atoms with Gasteiger partial charge in [0, 0.05) is 16.4 Å². The van der Waals surface area contributed by atoms with Crippen LogP contribution in [0.5, 0.6) is 0 Å². The van der Waals surface area contributed by atoms with Crippen molar-refractivity contribution in [2.24, 2.45) is 0 Å². The van der Waals surface area contributed by atoms with Gasteiger partial charge >= 0.3 is 0 Å². The van der Waals surface area contributed by atoms with E-state index in [1.165, 1.54) is 58.7 Å². The van der Waals surface area contributed by atoms with Crippen LogP contribution in [0.25, 0.3) is 11.5 Å². The number of hydrogen-bond acceptors (Lipinski definition) is 8. The predicted molar refractivity (Wildman–Crippen MR) is 120 cm³/mol. The SMILES string of the molecule is O=C(CSc1nc(CC(=O)Nc2nc(-c3ccco3)cs2)cs1)Nc1ccc(F)cc1. The molecule has 3 heterocycles. The van der Waals surface area contributed by atoms with E-state index in [9.17, 15) is 14.0 Å². The summed E-state index contributed by atoms with van der Waals surface area (Å²) in [5.74, 6) is -0.00928. The van der Waals surface area contributed by atoms with Crippen molar-refractivity contribution in [3.8, 4) is 11.5 Å². The highest BCUT2D eigenvalue weighted by atomic mass is 32.2. The number of benzene rings is 1. The van der Waals surface area contributed by atoms with Crippen LogP contribution in [0.15, 0.2) is 62.2 Å². The van der Waals surface area contributed by atoms with Crippen LogP contribution in [0, 0.1) is 5.82 Å². The second kappa shape index (κ2) is 9.86. The molecule has 1 aromatic carbocycles. The maximum atomic E-state index is 12.9. The zero-order valence-electron chi connectivity index (χ0n) is 15.8. The highest BCUT2D eigenvalue weighted by Gasteiger charge is 2.13. The minimum absolute atomic E-state index is 0.106. The molecule has 31 heavy (non-hydrogen) atoms. The normalized spacial score (nSPS) is 10.7. The van der Waals surface area contributed by atoms with Crippen LogP contribution in [0.1, 0.15) is 5.69 Å². The average Bonchev–Trinajstić information content (AvgIpc) is 3.50. The summed E-state index contributed by atoms with van der Waals surface area (Å²) < 4.78 is 18.9. The summed E-state index contributed by atoms with van der Waals surface area (Å²) in [6.07, 6.45) is 1.67. The fourth-order valence-corrected chi connectivity index (χ4v) is 4.85. The lowest BCUT2D eigenvalue weighted by molar-refractivity contribution is -0.116. The van der Waals surface area contributed by atoms with Crippen LogP contribution in [-0.2, 0) is 16.0 Å². The van der Waals surface area contributed by atoms with Crippen LogP contribution < -0.4 is 10.6 Å². The minimum Gasteiger partial charge on any atom is -0.463 e. The number of amides is 2. The van der Waals surface area contributed by atoms with Crippen molar-refractivity contribution in [3.05, 3.63) is 64.9 Å². The number of furan rings is 1. The molecule has 0 aliphatic carbocycles. The molecule has 2 amide bonds. The second-order valence-corrected chi connectivity index (χ2v) is 9.13. The zero-order valence-corrected chi connectivity index (χ0v) is 18.3. The molecule has 0 bridgehead atoms. The Bertz CT molecular complexity index is 1170. The van der Waals surface area contributed by atoms with Crippen molar-refractivity contribution in [3.63, 3.8) is 0 Å². The van der Waals surface area contributed by atoms with Crippen molar-refractivity contribution in [2.75, 3.05) is 16.4 Å². The van der Waals surface area contributed by atoms with Crippen molar-refractivity contribution in [1.29, 1.82) is 0 Å². The van der Waals surface area contributed by atoms with E-state index in [2.05, 4.69) is 20.6 Å². The first-order valence-electron chi connectivity index (χ1n) is 8.97. The molecule has 3 aromatic heterocycles. The van der Waals surface area contributed by atoms with E-state index >= 15 is 0 Å². The molecule has 7 nitrogen and oxygen atoms in total. The fraction of sp³-hybridized carbons (Fsp3) is 0.100. The highest BCUT2D eigenvalue weighted by molar-refractivity contribution is 8.01. The molecule has 4 rings (SSSR count). The van der Waals surface area contributed by atoms with Gasteiger partial charge in [-0.2, -0.15) is 0 Å². The summed E-state index contributed by atoms with van der Waals surface area (Å²) >= 11 is 3.96. The molecule has 4 aromatic rings. The van der Waals surface area contributed by atoms with E-state index in [4.69, 9.17) is 4.42 Å². The first-order chi connectivity index (χ1) is 15.0. The van der Waals surface area contributed by atoms with Gasteiger partial charge in [0.15, 0.2) is 15.2 Å². The van der Waals surface area contributed by atoms with Gasteiger partial charge in [-0.15, -0.1) is 22.7 Å². The van der Waals surface area contributed by atoms with Crippen LogP contribution in [0.2, 0.25) is 0 Å². The van der Waals surface area contributed by atoms with Gasteiger partial charge in [-0.3, -0.25) is 9.59 Å². The van der Waals surface area contributed by atoms with E-state index in [1.54, 1.807) is 23.8 Å². The lowest BCUT2D eigenvalue weighted by Crippen LogP contribution is -2.14. The smallest absolute Gasteiger partial charge is 0.234 e. The number of anilines is 2. The molecule has 11 heteroatoms. The number of halogens is 1. The first-order valence-corrected chi connectivity index (χ1v) is 11.7. The highest BCUT2D eigenvalue weighted by Crippen LogP contribution is 2.26. The van der Waals surface area contributed by atoms with Gasteiger partial charge in [0.2, 0.25) is 11.8 Å². The Hall–Kier alpha value is -3.02. The minimum atomic E-state index is -0.362. The van der Waals surface area contributed by atoms with E-state index in [0.717, 1.165) is 0 Å². The summed E-state index contributed by atoms with van der Waals surface area (Å²) in [6.45, 7) is 0. The maximum Gasteiger partial charge on any atom is 0.234 e. The number of hydrogen-bond donors (Lipinski definition) is 2. The number of carbonyl (C=O) groups excluding carboxylic acids is 2. The molecule has 0 radical (unpaired) electrons. The standard InChI is InChI=1S/C20H15FN4O3S3/c21-12-3-5-13(6-4-12)22-18(27)11-31-20-23-14(9-30-20)8-17(26)25-19-24-15(10-29-19)16-2-1-7-28-16/h1-7,9-10H,8,11H2,(H,22,27)(H,24,25,26). The average molecular weight is 475 g/mol. The lowest BCUT2D eigenvalue weighted by atomic mass is 10.3. The fourth-order valence-electron chi connectivity index (χ4n) is 2.49. The largest absolute Gasteiger partial charge is 0.463 e. The van der Waals surface area contributed by atoms with E-state index in [1.807, 2.05) is 5.38 Å². The molecule has 0 saturated heterocycles. The summed E-state index contributed by atoms with van der Waals surface area (Å²) in [5.41, 5.74) is 1.81. The number of nitrogens with zero attached hydrogens (tertiary/aromatic N) is 2. The predicted octanol–water partition coefficient (Wildman–Crippen LogP) is 4.91. The van der Waals surface area contributed by atoms with Crippen LogP contribution >= 0.6 is 34.4 Å². The van der Waals surface area contributed by atoms with Crippen LogP contribution in [0.4, 0.5) is 15.2 Å². The Balaban J connectivity index is 1.24. The zero-order chi connectivity index (χ0) is 21.6. The number of aromatic nitrogens is 2. The molecular weight excluding hydrogens is 459 g/mol. The third-order valence-electron chi connectivity index (χ3n) is 3.85. The summed E-state index contributed by atoms with van der Waals surface area (Å²) in [5, 5.41) is 9.53. The number of rotatable bonds is 8. The number of thiazole rings is 2. The Morgan fingerprint density at radius 2 is 1.87 bits per heavy atom. The van der Waals surface area contributed by atoms with Crippen LogP contribution in [-0.4, -0.2) is 27.5 Å². The molecule has 0 fully saturated rings. The summed E-state index contributed by atoms with van der Waals surface area (Å²) in [4.78, 5) is 33.0. The van der Waals surface area contributed by atoms with E-state index in [0.29, 0.717) is 32.3 Å². The van der Waals surface area contributed by atoms with Gasteiger partial charge in [-0.25, -0.2) is 14.4 Å². The van der Waals surface area contributed by atoms with Gasteiger partial charge in [0.25, 0.3) is 0 Å². The molecule has 0 unspecified atom stereocenters. The first kappa shape index (κ1) is 21.2. The van der Waals surface area contributed by atoms with E-state index < -0.39 is 0 Å². The quantitative estimate of drug-likeness (QED) is 0.352. The van der Waals surface area contributed by atoms with Gasteiger partial charge < -0.3 is 15.1 Å². The van der Waals surface area contributed by atoms with Crippen LogP contribution in [0.3, 0.4) is 0 Å². The van der Waals surface area contributed by atoms with Gasteiger partial charge in [-0.05, 0) is 36.4 Å². The Labute approximate surface area is 188 Å². The lowest BCUT2D eigenvalue weighted by Gasteiger charge is -2.03. The molecule has 158 valence electrons. The van der Waals surface area contributed by atoms with Crippen molar-refractivity contribution >= 4 is 57.1 Å². The van der Waals surface area contributed by atoms with Gasteiger partial charge in [0.1, 0.15) is 11.5 Å². The van der Waals surface area contributed by atoms with Crippen molar-refractivity contribution in [2.45, 2.75) is 10.8 Å². The Kier molecular flexibility index (Phi) is 6.75. The summed E-state index contributed by atoms with van der Waals surface area (Å²) in [7, 11) is 0. The third-order valence-corrected chi connectivity index (χ3v) is 6.68. The molecule has 0 saturated carbocycles. The summed E-state index contributed by atoms with van der Waals surface area (Å²) in [6, 6.07) is 9.14. The molecule has 0 aliphatic rings. The van der Waals surface area contributed by atoms with E-state index in [-0.39, 0.29) is 29.8 Å². The molecule has 0 atom stereocenters. The topological polar surface area (TPSA) is 97.1 Å². The number of carbonyl (C=O) groups is 2. The molecule has 2 N–H and O–H groups in total. The second-order valence-electron chi connectivity index (χ2n) is 6.19. The van der Waals surface area contributed by atoms with Crippen molar-refractivity contribution in [1.82, 2.24) is 9.97 Å². The molecular formula is C20H15FN4O3S3. The molecule has 0 aliphatic heterocycles.